The van der Waals surface area contributed by atoms with Crippen LogP contribution < -0.4 is 20.1 Å². The minimum absolute atomic E-state index is 0.696. The number of nitrogens with zero attached hydrogens (tertiary/aromatic N) is 1. The van der Waals surface area contributed by atoms with Crippen LogP contribution in [0.1, 0.15) is 17.0 Å². The van der Waals surface area contributed by atoms with Crippen LogP contribution in [0.4, 0.5) is 5.69 Å². The molecule has 0 amide bonds. The first-order valence-electron chi connectivity index (χ1n) is 9.02. The van der Waals surface area contributed by atoms with Crippen LogP contribution in [0.5, 0.6) is 11.5 Å². The summed E-state index contributed by atoms with van der Waals surface area (Å²) in [7, 11) is 5.06. The van der Waals surface area contributed by atoms with Gasteiger partial charge in [-0.3, -0.25) is 4.99 Å². The van der Waals surface area contributed by atoms with E-state index in [0.717, 1.165) is 30.0 Å². The van der Waals surface area contributed by atoms with Crippen LogP contribution in [0.15, 0.2) is 47.5 Å². The lowest BCUT2D eigenvalue weighted by molar-refractivity contribution is 0.355. The minimum Gasteiger partial charge on any atom is -0.493 e. The number of hydrogen-bond donors (Lipinski definition) is 2. The second kappa shape index (κ2) is 6.90. The molecule has 0 bridgehead atoms. The van der Waals surface area contributed by atoms with Crippen LogP contribution >= 0.6 is 0 Å². The van der Waals surface area contributed by atoms with Crippen LogP contribution in [0.25, 0.3) is 0 Å². The van der Waals surface area contributed by atoms with Gasteiger partial charge in [0, 0.05) is 25.3 Å². The molecule has 4 rings (SSSR count). The highest BCUT2D eigenvalue weighted by molar-refractivity contribution is 5.93. The smallest absolute Gasteiger partial charge is 0.195 e. The van der Waals surface area contributed by atoms with Crippen molar-refractivity contribution in [3.8, 4) is 11.5 Å². The Kier molecular flexibility index (Phi) is 4.45. The molecule has 3 atom stereocenters. The third kappa shape index (κ3) is 2.98. The van der Waals surface area contributed by atoms with Gasteiger partial charge in [-0.2, -0.15) is 0 Å². The average molecular weight is 351 g/mol. The molecular formula is C21H25N3O2. The first kappa shape index (κ1) is 16.8. The molecule has 5 nitrogen and oxygen atoms in total. The van der Waals surface area contributed by atoms with Crippen molar-refractivity contribution in [1.29, 1.82) is 0 Å². The van der Waals surface area contributed by atoms with Gasteiger partial charge in [-0.15, -0.1) is 0 Å². The summed E-state index contributed by atoms with van der Waals surface area (Å²) in [6, 6.07) is 14.6. The number of nitrogens with one attached hydrogen (secondary N) is 2. The Morgan fingerprint density at radius 2 is 1.92 bits per heavy atom. The van der Waals surface area contributed by atoms with Crippen LogP contribution in [-0.4, -0.2) is 33.8 Å². The van der Waals surface area contributed by atoms with E-state index in [1.807, 2.05) is 18.2 Å². The Morgan fingerprint density at radius 1 is 1.12 bits per heavy atom. The van der Waals surface area contributed by atoms with Crippen molar-refractivity contribution in [2.45, 2.75) is 12.3 Å². The quantitative estimate of drug-likeness (QED) is 0.641. The minimum atomic E-state index is 0.696. The molecule has 2 aliphatic carbocycles. The molecule has 3 unspecified atom stereocenters. The normalized spacial score (nSPS) is 23.0. The molecule has 0 spiro atoms. The molecule has 0 saturated heterocycles. The second-order valence-corrected chi connectivity index (χ2v) is 6.90. The summed E-state index contributed by atoms with van der Waals surface area (Å²) < 4.78 is 10.6. The Hall–Kier alpha value is -2.69. The summed E-state index contributed by atoms with van der Waals surface area (Å²) in [6.45, 7) is 0.941. The molecule has 2 aromatic rings. The van der Waals surface area contributed by atoms with Gasteiger partial charge in [0.15, 0.2) is 17.5 Å². The molecule has 26 heavy (non-hydrogen) atoms. The molecule has 136 valence electrons. The van der Waals surface area contributed by atoms with E-state index in [4.69, 9.17) is 9.47 Å². The fraction of sp³-hybridized carbons (Fsp3) is 0.381. The topological polar surface area (TPSA) is 54.9 Å². The number of ether oxygens (including phenoxy) is 2. The maximum absolute atomic E-state index is 5.36. The van der Waals surface area contributed by atoms with E-state index in [9.17, 15) is 0 Å². The predicted molar refractivity (Wildman–Crippen MR) is 104 cm³/mol. The van der Waals surface area contributed by atoms with Crippen LogP contribution in [0.2, 0.25) is 0 Å². The zero-order chi connectivity index (χ0) is 18.1. The van der Waals surface area contributed by atoms with Gasteiger partial charge in [0.1, 0.15) is 0 Å². The van der Waals surface area contributed by atoms with Gasteiger partial charge in [-0.05, 0) is 47.4 Å². The standard InChI is InChI=1S/C21H25N3O2/c1-22-21(24-14-8-9-18(25-2)19(11-14)26-3)23-12-17-16-10-13-6-4-5-7-15(13)20(16)17/h4-9,11,16-17,20H,10,12H2,1-3H3,(H2,22,23,24). The van der Waals surface area contributed by atoms with Crippen LogP contribution in [0, 0.1) is 11.8 Å². The second-order valence-electron chi connectivity index (χ2n) is 6.90. The van der Waals surface area contributed by atoms with Gasteiger partial charge in [-0.25, -0.2) is 0 Å². The van der Waals surface area contributed by atoms with Gasteiger partial charge in [0.05, 0.1) is 14.2 Å². The van der Waals surface area contributed by atoms with Gasteiger partial charge in [-0.1, -0.05) is 24.3 Å². The summed E-state index contributed by atoms with van der Waals surface area (Å²) in [5.41, 5.74) is 4.00. The summed E-state index contributed by atoms with van der Waals surface area (Å²) in [4.78, 5) is 4.34. The highest BCUT2D eigenvalue weighted by Crippen LogP contribution is 2.60. The van der Waals surface area contributed by atoms with Crippen molar-refractivity contribution >= 4 is 11.6 Å². The van der Waals surface area contributed by atoms with E-state index in [1.54, 1.807) is 26.8 Å². The monoisotopic (exact) mass is 351 g/mol. The Morgan fingerprint density at radius 3 is 2.69 bits per heavy atom. The zero-order valence-corrected chi connectivity index (χ0v) is 15.5. The van der Waals surface area contributed by atoms with Crippen LogP contribution in [-0.2, 0) is 6.42 Å². The number of hydrogen-bond acceptors (Lipinski definition) is 3. The van der Waals surface area contributed by atoms with Gasteiger partial charge < -0.3 is 20.1 Å². The Balaban J connectivity index is 1.36. The molecule has 2 aliphatic rings. The molecule has 0 heterocycles. The molecule has 2 N–H and O–H groups in total. The number of guanidine groups is 1. The first-order valence-corrected chi connectivity index (χ1v) is 9.02. The summed E-state index contributed by atoms with van der Waals surface area (Å²) in [5.74, 6) is 4.40. The molecule has 2 aromatic carbocycles. The first-order chi connectivity index (χ1) is 12.7. The van der Waals surface area contributed by atoms with E-state index >= 15 is 0 Å². The van der Waals surface area contributed by atoms with Gasteiger partial charge >= 0.3 is 0 Å². The lowest BCUT2D eigenvalue weighted by Gasteiger charge is -2.15. The number of methoxy groups -OCH3 is 2. The molecule has 5 heteroatoms. The largest absolute Gasteiger partial charge is 0.493 e. The van der Waals surface area contributed by atoms with E-state index < -0.39 is 0 Å². The van der Waals surface area contributed by atoms with E-state index in [-0.39, 0.29) is 0 Å². The van der Waals surface area contributed by atoms with Crippen molar-refractivity contribution in [1.82, 2.24) is 5.32 Å². The average Bonchev–Trinajstić information content (AvgIpc) is 3.22. The van der Waals surface area contributed by atoms with E-state index in [2.05, 4.69) is 39.9 Å². The lowest BCUT2D eigenvalue weighted by atomic mass is 10.0. The number of fused-ring (bicyclic) bond motifs is 3. The zero-order valence-electron chi connectivity index (χ0n) is 15.5. The molecule has 0 aromatic heterocycles. The maximum Gasteiger partial charge on any atom is 0.195 e. The number of anilines is 1. The number of rotatable bonds is 5. The van der Waals surface area contributed by atoms with Gasteiger partial charge in [0.25, 0.3) is 0 Å². The van der Waals surface area contributed by atoms with Crippen LogP contribution in [0.3, 0.4) is 0 Å². The Labute approximate surface area is 154 Å². The van der Waals surface area contributed by atoms with Gasteiger partial charge in [0.2, 0.25) is 0 Å². The third-order valence-electron chi connectivity index (χ3n) is 5.58. The fourth-order valence-corrected chi connectivity index (χ4v) is 4.21. The molecule has 1 saturated carbocycles. The molecule has 0 aliphatic heterocycles. The fourth-order valence-electron chi connectivity index (χ4n) is 4.21. The van der Waals surface area contributed by atoms with Crippen molar-refractivity contribution in [3.63, 3.8) is 0 Å². The molecule has 1 fully saturated rings. The highest BCUT2D eigenvalue weighted by atomic mass is 16.5. The Bertz CT molecular complexity index is 834. The van der Waals surface area contributed by atoms with E-state index in [1.165, 1.54) is 12.0 Å². The van der Waals surface area contributed by atoms with Crippen molar-refractivity contribution in [3.05, 3.63) is 53.6 Å². The SMILES string of the molecule is CN=C(NCC1C2Cc3ccccc3C12)Nc1ccc(OC)c(OC)c1. The number of benzene rings is 2. The molecule has 0 radical (unpaired) electrons. The predicted octanol–water partition coefficient (Wildman–Crippen LogP) is 3.28. The van der Waals surface area contributed by atoms with E-state index in [0.29, 0.717) is 17.4 Å². The highest BCUT2D eigenvalue weighted by Gasteiger charge is 2.54. The van der Waals surface area contributed by atoms with Crippen molar-refractivity contribution in [2.24, 2.45) is 16.8 Å². The van der Waals surface area contributed by atoms with Crippen molar-refractivity contribution in [2.75, 3.05) is 33.1 Å². The molecular weight excluding hydrogens is 326 g/mol. The summed E-state index contributed by atoms with van der Waals surface area (Å²) >= 11 is 0. The maximum atomic E-state index is 5.36. The lowest BCUT2D eigenvalue weighted by Crippen LogP contribution is -2.33. The number of aliphatic imine (C=N–C) groups is 1. The summed E-state index contributed by atoms with van der Waals surface area (Å²) in [6.07, 6.45) is 1.22. The third-order valence-corrected chi connectivity index (χ3v) is 5.58. The summed E-state index contributed by atoms with van der Waals surface area (Å²) in [5, 5.41) is 6.80. The van der Waals surface area contributed by atoms with Crippen molar-refractivity contribution < 1.29 is 9.47 Å².